The molecule has 0 heterocycles. The smallest absolute Gasteiger partial charge is 0.336 e. The van der Waals surface area contributed by atoms with Crippen molar-refractivity contribution in [2.24, 2.45) is 0 Å². The first-order chi connectivity index (χ1) is 7.49. The SMILES string of the molecule is O=C(O)c1ccc(Cl)c([N+](=O)[O-])c1CCO. The van der Waals surface area contributed by atoms with E-state index in [4.69, 9.17) is 21.8 Å². The number of aromatic carboxylic acids is 1. The summed E-state index contributed by atoms with van der Waals surface area (Å²) < 4.78 is 0. The molecule has 0 atom stereocenters. The van der Waals surface area contributed by atoms with Gasteiger partial charge in [0.05, 0.1) is 10.5 Å². The van der Waals surface area contributed by atoms with Crippen molar-refractivity contribution in [1.29, 1.82) is 0 Å². The first-order valence-corrected chi connectivity index (χ1v) is 4.66. The average molecular weight is 246 g/mol. The molecule has 0 aliphatic heterocycles. The summed E-state index contributed by atoms with van der Waals surface area (Å²) in [5, 5.41) is 28.2. The monoisotopic (exact) mass is 245 g/mol. The Labute approximate surface area is 95.2 Å². The second-order valence-corrected chi connectivity index (χ2v) is 3.37. The third-order valence-corrected chi connectivity index (χ3v) is 2.31. The van der Waals surface area contributed by atoms with E-state index in [9.17, 15) is 14.9 Å². The number of halogens is 1. The van der Waals surface area contributed by atoms with Crippen molar-refractivity contribution in [2.75, 3.05) is 6.61 Å². The van der Waals surface area contributed by atoms with Gasteiger partial charge in [-0.3, -0.25) is 10.1 Å². The molecular weight excluding hydrogens is 238 g/mol. The molecule has 1 aromatic rings. The van der Waals surface area contributed by atoms with E-state index >= 15 is 0 Å². The van der Waals surface area contributed by atoms with Crippen LogP contribution in [0, 0.1) is 10.1 Å². The van der Waals surface area contributed by atoms with Gasteiger partial charge in [-0.05, 0) is 12.1 Å². The summed E-state index contributed by atoms with van der Waals surface area (Å²) in [5.74, 6) is -1.29. The molecule has 0 radical (unpaired) electrons. The molecule has 0 saturated carbocycles. The molecule has 6 nitrogen and oxygen atoms in total. The molecule has 0 aliphatic carbocycles. The van der Waals surface area contributed by atoms with Gasteiger partial charge in [-0.25, -0.2) is 4.79 Å². The van der Waals surface area contributed by atoms with E-state index in [1.807, 2.05) is 0 Å². The first kappa shape index (κ1) is 12.4. The standard InChI is InChI=1S/C9H8ClNO5/c10-7-2-1-6(9(13)14)5(3-4-12)8(7)11(15)16/h1-2,12H,3-4H2,(H,13,14). The molecule has 2 N–H and O–H groups in total. The zero-order chi connectivity index (χ0) is 12.3. The number of aliphatic hydroxyl groups is 1. The maximum absolute atomic E-state index is 10.8. The van der Waals surface area contributed by atoms with Crippen molar-refractivity contribution in [1.82, 2.24) is 0 Å². The molecular formula is C9H8ClNO5. The molecule has 0 aromatic heterocycles. The molecule has 1 aromatic carbocycles. The second-order valence-electron chi connectivity index (χ2n) is 2.96. The Bertz CT molecular complexity index is 446. The Kier molecular flexibility index (Phi) is 3.81. The van der Waals surface area contributed by atoms with Crippen LogP contribution in [0.2, 0.25) is 5.02 Å². The van der Waals surface area contributed by atoms with Gasteiger partial charge in [0.1, 0.15) is 5.02 Å². The van der Waals surface area contributed by atoms with Crippen LogP contribution in [-0.2, 0) is 6.42 Å². The van der Waals surface area contributed by atoms with E-state index in [1.54, 1.807) is 0 Å². The van der Waals surface area contributed by atoms with E-state index in [0.717, 1.165) is 6.07 Å². The van der Waals surface area contributed by atoms with Gasteiger partial charge < -0.3 is 10.2 Å². The lowest BCUT2D eigenvalue weighted by atomic mass is 10.0. The normalized spacial score (nSPS) is 10.1. The number of nitrogens with zero attached hydrogens (tertiary/aromatic N) is 1. The molecule has 86 valence electrons. The van der Waals surface area contributed by atoms with Crippen LogP contribution in [0.3, 0.4) is 0 Å². The molecule has 0 unspecified atom stereocenters. The predicted molar refractivity (Wildman–Crippen MR) is 55.9 cm³/mol. The Morgan fingerprint density at radius 1 is 1.50 bits per heavy atom. The van der Waals surface area contributed by atoms with Crippen LogP contribution in [-0.4, -0.2) is 27.7 Å². The zero-order valence-corrected chi connectivity index (χ0v) is 8.77. The highest BCUT2D eigenvalue weighted by Gasteiger charge is 2.24. The highest BCUT2D eigenvalue weighted by atomic mass is 35.5. The summed E-state index contributed by atoms with van der Waals surface area (Å²) in [6, 6.07) is 2.34. The lowest BCUT2D eigenvalue weighted by Gasteiger charge is -2.06. The van der Waals surface area contributed by atoms with Gasteiger partial charge in [-0.1, -0.05) is 11.6 Å². The van der Waals surface area contributed by atoms with E-state index in [-0.39, 0.29) is 29.2 Å². The number of carbonyl (C=O) groups is 1. The third-order valence-electron chi connectivity index (χ3n) is 2.01. The predicted octanol–water partition coefficient (Wildman–Crippen LogP) is 1.48. The van der Waals surface area contributed by atoms with Crippen molar-refractivity contribution in [3.8, 4) is 0 Å². The molecule has 0 bridgehead atoms. The van der Waals surface area contributed by atoms with Crippen LogP contribution in [0.25, 0.3) is 0 Å². The minimum absolute atomic E-state index is 0.0625. The van der Waals surface area contributed by atoms with Gasteiger partial charge in [0.2, 0.25) is 0 Å². The fourth-order valence-corrected chi connectivity index (χ4v) is 1.62. The summed E-state index contributed by atoms with van der Waals surface area (Å²) in [6.07, 6.45) is -0.126. The van der Waals surface area contributed by atoms with Gasteiger partial charge in [-0.2, -0.15) is 0 Å². The van der Waals surface area contributed by atoms with Gasteiger partial charge in [-0.15, -0.1) is 0 Å². The lowest BCUT2D eigenvalue weighted by Crippen LogP contribution is -2.08. The topological polar surface area (TPSA) is 101 Å². The van der Waals surface area contributed by atoms with E-state index in [0.29, 0.717) is 0 Å². The van der Waals surface area contributed by atoms with Gasteiger partial charge >= 0.3 is 5.97 Å². The molecule has 0 saturated heterocycles. The maximum Gasteiger partial charge on any atom is 0.336 e. The van der Waals surface area contributed by atoms with E-state index in [1.165, 1.54) is 6.07 Å². The van der Waals surface area contributed by atoms with Crippen molar-refractivity contribution >= 4 is 23.3 Å². The number of aliphatic hydroxyl groups excluding tert-OH is 1. The van der Waals surface area contributed by atoms with Crippen molar-refractivity contribution in [3.63, 3.8) is 0 Å². The molecule has 1 rings (SSSR count). The van der Waals surface area contributed by atoms with Crippen molar-refractivity contribution < 1.29 is 19.9 Å². The van der Waals surface area contributed by atoms with Crippen LogP contribution in [0.4, 0.5) is 5.69 Å². The number of nitro benzene ring substituents is 1. The summed E-state index contributed by atoms with van der Waals surface area (Å²) >= 11 is 5.62. The summed E-state index contributed by atoms with van der Waals surface area (Å²) in [6.45, 7) is -0.387. The number of hydrogen-bond donors (Lipinski definition) is 2. The molecule has 7 heteroatoms. The number of carboxylic acids is 1. The molecule has 0 aliphatic rings. The number of rotatable bonds is 4. The molecule has 0 fully saturated rings. The Morgan fingerprint density at radius 2 is 2.12 bits per heavy atom. The summed E-state index contributed by atoms with van der Waals surface area (Å²) in [4.78, 5) is 20.8. The summed E-state index contributed by atoms with van der Waals surface area (Å²) in [7, 11) is 0. The van der Waals surface area contributed by atoms with Crippen molar-refractivity contribution in [2.45, 2.75) is 6.42 Å². The Morgan fingerprint density at radius 3 is 2.56 bits per heavy atom. The van der Waals surface area contributed by atoms with Crippen LogP contribution >= 0.6 is 11.6 Å². The lowest BCUT2D eigenvalue weighted by molar-refractivity contribution is -0.385. The van der Waals surface area contributed by atoms with Crippen LogP contribution in [0.5, 0.6) is 0 Å². The largest absolute Gasteiger partial charge is 0.478 e. The van der Waals surface area contributed by atoms with Gasteiger partial charge in [0.25, 0.3) is 5.69 Å². The fourth-order valence-electron chi connectivity index (χ4n) is 1.37. The highest BCUT2D eigenvalue weighted by molar-refractivity contribution is 6.33. The van der Waals surface area contributed by atoms with Crippen molar-refractivity contribution in [3.05, 3.63) is 38.4 Å². The fraction of sp³-hybridized carbons (Fsp3) is 0.222. The number of nitro groups is 1. The summed E-state index contributed by atoms with van der Waals surface area (Å²) in [5.41, 5.74) is -0.742. The van der Waals surface area contributed by atoms with Crippen LogP contribution < -0.4 is 0 Å². The van der Waals surface area contributed by atoms with Crippen LogP contribution in [0.15, 0.2) is 12.1 Å². The van der Waals surface area contributed by atoms with E-state index in [2.05, 4.69) is 0 Å². The average Bonchev–Trinajstić information content (AvgIpc) is 2.17. The molecule has 16 heavy (non-hydrogen) atoms. The minimum atomic E-state index is -1.29. The Balaban J connectivity index is 3.49. The van der Waals surface area contributed by atoms with Gasteiger partial charge in [0.15, 0.2) is 0 Å². The number of hydrogen-bond acceptors (Lipinski definition) is 4. The Hall–Kier alpha value is -1.66. The molecule has 0 spiro atoms. The number of carboxylic acid groups (broad SMARTS) is 1. The number of benzene rings is 1. The van der Waals surface area contributed by atoms with Gasteiger partial charge in [0, 0.05) is 18.6 Å². The maximum atomic E-state index is 10.8. The third kappa shape index (κ3) is 2.29. The zero-order valence-electron chi connectivity index (χ0n) is 8.01. The van der Waals surface area contributed by atoms with Crippen LogP contribution in [0.1, 0.15) is 15.9 Å². The highest BCUT2D eigenvalue weighted by Crippen LogP contribution is 2.31. The quantitative estimate of drug-likeness (QED) is 0.618. The minimum Gasteiger partial charge on any atom is -0.478 e. The first-order valence-electron chi connectivity index (χ1n) is 4.29. The second kappa shape index (κ2) is 4.91. The van der Waals surface area contributed by atoms with E-state index < -0.39 is 16.6 Å². The molecule has 0 amide bonds.